The zero-order valence-corrected chi connectivity index (χ0v) is 15.1. The minimum atomic E-state index is -0.238. The predicted molar refractivity (Wildman–Crippen MR) is 91.4 cm³/mol. The minimum absolute atomic E-state index is 0.0217. The Morgan fingerprint density at radius 1 is 1.38 bits per heavy atom. The van der Waals surface area contributed by atoms with Crippen molar-refractivity contribution in [1.82, 2.24) is 25.4 Å². The Morgan fingerprint density at radius 2 is 2.12 bits per heavy atom. The Balaban J connectivity index is 1.86. The average Bonchev–Trinajstić information content (AvgIpc) is 3.16. The molecule has 2 aromatic heterocycles. The molecule has 0 saturated heterocycles. The van der Waals surface area contributed by atoms with Crippen LogP contribution >= 0.6 is 11.3 Å². The van der Waals surface area contributed by atoms with Crippen LogP contribution in [0, 0.1) is 6.92 Å². The summed E-state index contributed by atoms with van der Waals surface area (Å²) in [7, 11) is 1.57. The molecule has 128 valence electrons. The van der Waals surface area contributed by atoms with Gasteiger partial charge in [0.15, 0.2) is 5.69 Å². The molecule has 0 unspecified atom stereocenters. The second kappa shape index (κ2) is 6.35. The lowest BCUT2D eigenvalue weighted by Crippen LogP contribution is -2.36. The Kier molecular flexibility index (Phi) is 4.40. The summed E-state index contributed by atoms with van der Waals surface area (Å²) < 4.78 is 0. The largest absolute Gasteiger partial charge is 0.354 e. The van der Waals surface area contributed by atoms with Crippen molar-refractivity contribution >= 4 is 23.2 Å². The fraction of sp³-hybridized carbons (Fsp3) is 0.500. The Bertz CT molecular complexity index is 792. The van der Waals surface area contributed by atoms with Crippen LogP contribution in [0.15, 0.2) is 0 Å². The zero-order chi connectivity index (χ0) is 17.4. The fourth-order valence-electron chi connectivity index (χ4n) is 2.78. The first-order valence-corrected chi connectivity index (χ1v) is 8.78. The van der Waals surface area contributed by atoms with Gasteiger partial charge in [0.25, 0.3) is 11.8 Å². The molecule has 3 heterocycles. The number of rotatable bonds is 3. The van der Waals surface area contributed by atoms with Crippen LogP contribution in [0.2, 0.25) is 0 Å². The number of aryl methyl sites for hydroxylation is 1. The molecular weight excluding hydrogens is 326 g/mol. The highest BCUT2D eigenvalue weighted by molar-refractivity contribution is 7.13. The van der Waals surface area contributed by atoms with Crippen LogP contribution in [0.4, 0.5) is 0 Å². The lowest BCUT2D eigenvalue weighted by Gasteiger charge is -2.26. The molecule has 0 spiro atoms. The lowest BCUT2D eigenvalue weighted by atomic mass is 10.0. The number of aromatic nitrogens is 3. The van der Waals surface area contributed by atoms with E-state index in [1.54, 1.807) is 11.9 Å². The van der Waals surface area contributed by atoms with Gasteiger partial charge in [-0.2, -0.15) is 5.10 Å². The van der Waals surface area contributed by atoms with Crippen LogP contribution in [0.5, 0.6) is 0 Å². The number of hydrogen-bond acceptors (Lipinski definition) is 5. The normalized spacial score (nSPS) is 14.0. The van der Waals surface area contributed by atoms with Gasteiger partial charge < -0.3 is 10.2 Å². The van der Waals surface area contributed by atoms with E-state index in [2.05, 4.69) is 34.3 Å². The number of hydrogen-bond donors (Lipinski definition) is 2. The van der Waals surface area contributed by atoms with Gasteiger partial charge in [-0.05, 0) is 6.92 Å². The number of nitrogens with one attached hydrogen (secondary N) is 2. The van der Waals surface area contributed by atoms with Gasteiger partial charge >= 0.3 is 0 Å². The first kappa shape index (κ1) is 16.6. The van der Waals surface area contributed by atoms with E-state index >= 15 is 0 Å². The van der Waals surface area contributed by atoms with Crippen molar-refractivity contribution in [1.29, 1.82) is 0 Å². The minimum Gasteiger partial charge on any atom is -0.354 e. The average molecular weight is 347 g/mol. The van der Waals surface area contributed by atoms with E-state index in [1.165, 1.54) is 11.3 Å². The van der Waals surface area contributed by atoms with Crippen molar-refractivity contribution in [3.05, 3.63) is 32.5 Å². The van der Waals surface area contributed by atoms with E-state index < -0.39 is 0 Å². The fourth-order valence-corrected chi connectivity index (χ4v) is 3.82. The van der Waals surface area contributed by atoms with Gasteiger partial charge in [0.05, 0.1) is 17.2 Å². The molecule has 0 fully saturated rings. The van der Waals surface area contributed by atoms with Crippen LogP contribution in [0.25, 0.3) is 0 Å². The molecule has 2 N–H and O–H groups in total. The van der Waals surface area contributed by atoms with Crippen molar-refractivity contribution in [2.24, 2.45) is 0 Å². The van der Waals surface area contributed by atoms with E-state index in [1.807, 2.05) is 6.92 Å². The highest BCUT2D eigenvalue weighted by atomic mass is 32.1. The summed E-state index contributed by atoms with van der Waals surface area (Å²) >= 11 is 1.46. The molecule has 7 nitrogen and oxygen atoms in total. The van der Waals surface area contributed by atoms with E-state index in [-0.39, 0.29) is 11.8 Å². The SMILES string of the molecule is CNC(=O)c1n[nH]c2c1CN(C(=O)c1sc(C(C)C)nc1C)CC2. The molecular formula is C16H21N5O2S. The summed E-state index contributed by atoms with van der Waals surface area (Å²) in [6.45, 7) is 7.01. The van der Waals surface area contributed by atoms with E-state index in [0.717, 1.165) is 22.0 Å². The van der Waals surface area contributed by atoms with Crippen molar-refractivity contribution in [3.8, 4) is 0 Å². The third-order valence-electron chi connectivity index (χ3n) is 4.16. The van der Waals surface area contributed by atoms with Crippen LogP contribution in [-0.4, -0.2) is 45.5 Å². The summed E-state index contributed by atoms with van der Waals surface area (Å²) in [4.78, 5) is 31.8. The van der Waals surface area contributed by atoms with Crippen LogP contribution in [0.1, 0.15) is 61.9 Å². The number of carbonyl (C=O) groups is 2. The predicted octanol–water partition coefficient (Wildman–Crippen LogP) is 1.86. The number of thiazole rings is 1. The van der Waals surface area contributed by atoms with Gasteiger partial charge in [-0.15, -0.1) is 11.3 Å². The number of aromatic amines is 1. The van der Waals surface area contributed by atoms with Crippen LogP contribution < -0.4 is 5.32 Å². The van der Waals surface area contributed by atoms with Gasteiger partial charge in [-0.3, -0.25) is 14.7 Å². The van der Waals surface area contributed by atoms with Gasteiger partial charge in [0.2, 0.25) is 0 Å². The summed E-state index contributed by atoms with van der Waals surface area (Å²) in [5.74, 6) is 0.0430. The van der Waals surface area contributed by atoms with Crippen LogP contribution in [-0.2, 0) is 13.0 Å². The first-order valence-electron chi connectivity index (χ1n) is 7.97. The summed E-state index contributed by atoms with van der Waals surface area (Å²) in [6.07, 6.45) is 0.667. The molecule has 0 atom stereocenters. The maximum Gasteiger partial charge on any atom is 0.271 e. The molecule has 24 heavy (non-hydrogen) atoms. The van der Waals surface area contributed by atoms with Gasteiger partial charge in [-0.25, -0.2) is 4.98 Å². The molecule has 3 rings (SSSR count). The maximum absolute atomic E-state index is 12.9. The summed E-state index contributed by atoms with van der Waals surface area (Å²) in [6, 6.07) is 0. The van der Waals surface area contributed by atoms with Crippen LogP contribution in [0.3, 0.4) is 0 Å². The van der Waals surface area contributed by atoms with Crippen molar-refractivity contribution in [2.75, 3.05) is 13.6 Å². The number of carbonyl (C=O) groups excluding carboxylic acids is 2. The van der Waals surface area contributed by atoms with Crippen molar-refractivity contribution in [2.45, 2.75) is 39.7 Å². The van der Waals surface area contributed by atoms with E-state index in [4.69, 9.17) is 0 Å². The molecule has 0 aromatic carbocycles. The number of H-pyrrole nitrogens is 1. The highest BCUT2D eigenvalue weighted by Crippen LogP contribution is 2.28. The third-order valence-corrected chi connectivity index (χ3v) is 5.61. The van der Waals surface area contributed by atoms with Gasteiger partial charge in [-0.1, -0.05) is 13.8 Å². The standard InChI is InChI=1S/C16H21N5O2S/c1-8(2)15-18-9(3)13(24-15)16(23)21-6-5-11-10(7-21)12(20-19-11)14(22)17-4/h8H,5-7H2,1-4H3,(H,17,22)(H,19,20). The smallest absolute Gasteiger partial charge is 0.271 e. The second-order valence-corrected chi connectivity index (χ2v) is 7.24. The molecule has 0 aliphatic carbocycles. The summed E-state index contributed by atoms with van der Waals surface area (Å²) in [5, 5.41) is 10.6. The molecule has 1 aliphatic heterocycles. The zero-order valence-electron chi connectivity index (χ0n) is 14.3. The molecule has 8 heteroatoms. The quantitative estimate of drug-likeness (QED) is 0.886. The maximum atomic E-state index is 12.9. The van der Waals surface area contributed by atoms with Gasteiger partial charge in [0.1, 0.15) is 4.88 Å². The summed E-state index contributed by atoms with van der Waals surface area (Å²) in [5.41, 5.74) is 2.88. The van der Waals surface area contributed by atoms with E-state index in [9.17, 15) is 9.59 Å². The third kappa shape index (κ3) is 2.82. The Labute approximate surface area is 144 Å². The van der Waals surface area contributed by atoms with Crippen molar-refractivity contribution < 1.29 is 9.59 Å². The molecule has 0 radical (unpaired) electrons. The number of amides is 2. The highest BCUT2D eigenvalue weighted by Gasteiger charge is 2.29. The first-order chi connectivity index (χ1) is 11.4. The van der Waals surface area contributed by atoms with E-state index in [0.29, 0.717) is 36.0 Å². The molecule has 2 amide bonds. The molecule has 0 bridgehead atoms. The Morgan fingerprint density at radius 3 is 2.75 bits per heavy atom. The van der Waals surface area contributed by atoms with Crippen molar-refractivity contribution in [3.63, 3.8) is 0 Å². The second-order valence-electron chi connectivity index (χ2n) is 6.21. The van der Waals surface area contributed by atoms with Gasteiger partial charge in [0, 0.05) is 37.2 Å². The molecule has 1 aliphatic rings. The molecule has 0 saturated carbocycles. The monoisotopic (exact) mass is 347 g/mol. The number of nitrogens with zero attached hydrogens (tertiary/aromatic N) is 3. The topological polar surface area (TPSA) is 91.0 Å². The lowest BCUT2D eigenvalue weighted by molar-refractivity contribution is 0.0735. The Hall–Kier alpha value is -2.22. The molecule has 2 aromatic rings. The number of fused-ring (bicyclic) bond motifs is 1.